The van der Waals surface area contributed by atoms with E-state index in [2.05, 4.69) is 5.32 Å². The van der Waals surface area contributed by atoms with Crippen LogP contribution in [0.3, 0.4) is 0 Å². The molecular weight excluding hydrogens is 273 g/mol. The summed E-state index contributed by atoms with van der Waals surface area (Å²) in [6.45, 7) is 1.74. The lowest BCUT2D eigenvalue weighted by Crippen LogP contribution is -2.44. The molecule has 0 radical (unpaired) electrons. The first-order chi connectivity index (χ1) is 9.25. The molecule has 1 rings (SSSR count). The highest BCUT2D eigenvalue weighted by molar-refractivity contribution is 5.82. The number of halogens is 3. The van der Waals surface area contributed by atoms with E-state index in [9.17, 15) is 18.0 Å². The van der Waals surface area contributed by atoms with Crippen LogP contribution in [0.1, 0.15) is 24.1 Å². The molecule has 0 aliphatic rings. The molecule has 0 heterocycles. The van der Waals surface area contributed by atoms with Crippen molar-refractivity contribution in [1.29, 1.82) is 0 Å². The molecule has 0 aliphatic heterocycles. The van der Waals surface area contributed by atoms with Gasteiger partial charge in [-0.1, -0.05) is 12.1 Å². The first kappa shape index (κ1) is 16.5. The van der Waals surface area contributed by atoms with Crippen LogP contribution in [0.4, 0.5) is 13.2 Å². The van der Waals surface area contributed by atoms with Gasteiger partial charge in [-0.05, 0) is 24.6 Å². The topological polar surface area (TPSA) is 64.3 Å². The van der Waals surface area contributed by atoms with Gasteiger partial charge < -0.3 is 15.8 Å². The van der Waals surface area contributed by atoms with Gasteiger partial charge in [-0.15, -0.1) is 0 Å². The number of nitrogens with one attached hydrogen (secondary N) is 1. The fraction of sp³-hybridized carbons (Fsp3) is 0.462. The van der Waals surface area contributed by atoms with Gasteiger partial charge in [0.05, 0.1) is 18.2 Å². The van der Waals surface area contributed by atoms with Crippen molar-refractivity contribution in [2.75, 3.05) is 13.7 Å². The second-order valence-electron chi connectivity index (χ2n) is 4.41. The van der Waals surface area contributed by atoms with Gasteiger partial charge in [0.2, 0.25) is 5.91 Å². The molecule has 1 aromatic carbocycles. The molecule has 1 amide bonds. The Morgan fingerprint density at radius 1 is 1.35 bits per heavy atom. The van der Waals surface area contributed by atoms with Gasteiger partial charge in [0.15, 0.2) is 0 Å². The van der Waals surface area contributed by atoms with Crippen molar-refractivity contribution in [3.63, 3.8) is 0 Å². The van der Waals surface area contributed by atoms with E-state index >= 15 is 0 Å². The Morgan fingerprint density at radius 3 is 2.35 bits per heavy atom. The van der Waals surface area contributed by atoms with Gasteiger partial charge in [0.25, 0.3) is 0 Å². The molecule has 4 nitrogen and oxygen atoms in total. The van der Waals surface area contributed by atoms with Crippen molar-refractivity contribution in [3.05, 3.63) is 35.4 Å². The van der Waals surface area contributed by atoms with Crippen LogP contribution in [0.15, 0.2) is 24.3 Å². The summed E-state index contributed by atoms with van der Waals surface area (Å²) in [6.07, 6.45) is -4.37. The Morgan fingerprint density at radius 2 is 1.90 bits per heavy atom. The van der Waals surface area contributed by atoms with Crippen LogP contribution in [-0.4, -0.2) is 25.7 Å². The molecule has 0 aromatic heterocycles. The van der Waals surface area contributed by atoms with Gasteiger partial charge in [-0.2, -0.15) is 13.2 Å². The zero-order valence-corrected chi connectivity index (χ0v) is 11.2. The molecule has 112 valence electrons. The number of hydrogen-bond acceptors (Lipinski definition) is 3. The fourth-order valence-corrected chi connectivity index (χ4v) is 1.62. The molecule has 0 bridgehead atoms. The van der Waals surface area contributed by atoms with Crippen molar-refractivity contribution in [2.45, 2.75) is 25.2 Å². The van der Waals surface area contributed by atoms with Gasteiger partial charge in [-0.25, -0.2) is 0 Å². The number of hydrogen-bond donors (Lipinski definition) is 2. The maximum Gasteiger partial charge on any atom is 0.416 e. The summed E-state index contributed by atoms with van der Waals surface area (Å²) in [7, 11) is 1.42. The number of methoxy groups -OCH3 is 1. The maximum atomic E-state index is 12.4. The zero-order chi connectivity index (χ0) is 15.3. The second-order valence-corrected chi connectivity index (χ2v) is 4.41. The Labute approximate surface area is 115 Å². The van der Waals surface area contributed by atoms with Gasteiger partial charge >= 0.3 is 6.18 Å². The average Bonchev–Trinajstić information content (AvgIpc) is 2.38. The summed E-state index contributed by atoms with van der Waals surface area (Å²) in [5.41, 5.74) is 5.39. The van der Waals surface area contributed by atoms with E-state index in [1.807, 2.05) is 0 Å². The van der Waals surface area contributed by atoms with Crippen LogP contribution in [-0.2, 0) is 15.7 Å². The van der Waals surface area contributed by atoms with Crippen LogP contribution in [0.2, 0.25) is 0 Å². The summed E-state index contributed by atoms with van der Waals surface area (Å²) < 4.78 is 42.0. The SMILES string of the molecule is COCC(N)C(=O)NC(C)c1ccc(C(F)(F)F)cc1. The smallest absolute Gasteiger partial charge is 0.383 e. The van der Waals surface area contributed by atoms with E-state index in [0.29, 0.717) is 5.56 Å². The van der Waals surface area contributed by atoms with Gasteiger partial charge in [-0.3, -0.25) is 4.79 Å². The molecule has 0 spiro atoms. The Kier molecular flexibility index (Phi) is 5.52. The number of alkyl halides is 3. The molecule has 2 unspecified atom stereocenters. The highest BCUT2D eigenvalue weighted by Gasteiger charge is 2.30. The van der Waals surface area contributed by atoms with E-state index in [4.69, 9.17) is 10.5 Å². The fourth-order valence-electron chi connectivity index (χ4n) is 1.62. The molecule has 3 N–H and O–H groups in total. The van der Waals surface area contributed by atoms with Gasteiger partial charge in [0.1, 0.15) is 6.04 Å². The largest absolute Gasteiger partial charge is 0.416 e. The van der Waals surface area contributed by atoms with Crippen LogP contribution in [0.5, 0.6) is 0 Å². The van der Waals surface area contributed by atoms with E-state index in [1.165, 1.54) is 19.2 Å². The minimum Gasteiger partial charge on any atom is -0.383 e. The number of rotatable bonds is 5. The normalized spacial score (nSPS) is 14.7. The van der Waals surface area contributed by atoms with Crippen molar-refractivity contribution in [3.8, 4) is 0 Å². The second kappa shape index (κ2) is 6.71. The van der Waals surface area contributed by atoms with Crippen LogP contribution in [0.25, 0.3) is 0 Å². The van der Waals surface area contributed by atoms with Crippen LogP contribution >= 0.6 is 0 Å². The molecule has 1 aromatic rings. The first-order valence-corrected chi connectivity index (χ1v) is 5.97. The number of nitrogens with two attached hydrogens (primary N) is 1. The van der Waals surface area contributed by atoms with E-state index in [-0.39, 0.29) is 6.61 Å². The number of carbonyl (C=O) groups excluding carboxylic acids is 1. The Balaban J connectivity index is 2.69. The lowest BCUT2D eigenvalue weighted by Gasteiger charge is -2.18. The third-order valence-corrected chi connectivity index (χ3v) is 2.78. The summed E-state index contributed by atoms with van der Waals surface area (Å²) in [5, 5.41) is 2.61. The Hall–Kier alpha value is -1.60. The summed E-state index contributed by atoms with van der Waals surface area (Å²) in [5.74, 6) is -0.417. The van der Waals surface area contributed by atoms with Crippen molar-refractivity contribution in [2.24, 2.45) is 5.73 Å². The minimum atomic E-state index is -4.37. The van der Waals surface area contributed by atoms with Crippen LogP contribution < -0.4 is 11.1 Å². The molecule has 0 saturated carbocycles. The molecule has 7 heteroatoms. The quantitative estimate of drug-likeness (QED) is 0.870. The van der Waals surface area contributed by atoms with E-state index in [0.717, 1.165) is 12.1 Å². The highest BCUT2D eigenvalue weighted by Crippen LogP contribution is 2.29. The zero-order valence-electron chi connectivity index (χ0n) is 11.2. The summed E-state index contributed by atoms with van der Waals surface area (Å²) >= 11 is 0. The van der Waals surface area contributed by atoms with Crippen molar-refractivity contribution >= 4 is 5.91 Å². The number of ether oxygens (including phenoxy) is 1. The third-order valence-electron chi connectivity index (χ3n) is 2.78. The molecular formula is C13H17F3N2O2. The predicted molar refractivity (Wildman–Crippen MR) is 67.9 cm³/mol. The lowest BCUT2D eigenvalue weighted by atomic mass is 10.1. The predicted octanol–water partition coefficient (Wildman–Crippen LogP) is 1.86. The summed E-state index contributed by atoms with van der Waals surface area (Å²) in [6, 6.07) is 3.37. The van der Waals surface area contributed by atoms with Gasteiger partial charge in [0, 0.05) is 7.11 Å². The number of amides is 1. The molecule has 2 atom stereocenters. The van der Waals surface area contributed by atoms with Crippen molar-refractivity contribution < 1.29 is 22.7 Å². The van der Waals surface area contributed by atoms with E-state index < -0.39 is 29.7 Å². The highest BCUT2D eigenvalue weighted by atomic mass is 19.4. The number of benzene rings is 1. The monoisotopic (exact) mass is 290 g/mol. The van der Waals surface area contributed by atoms with Crippen LogP contribution in [0, 0.1) is 0 Å². The first-order valence-electron chi connectivity index (χ1n) is 5.97. The molecule has 0 saturated heterocycles. The molecule has 0 aliphatic carbocycles. The molecule has 0 fully saturated rings. The standard InChI is InChI=1S/C13H17F3N2O2/c1-8(18-12(19)11(17)7-20-2)9-3-5-10(6-4-9)13(14,15)16/h3-6,8,11H,7,17H2,1-2H3,(H,18,19). The molecule has 20 heavy (non-hydrogen) atoms. The minimum absolute atomic E-state index is 0.0750. The number of carbonyl (C=O) groups is 1. The average molecular weight is 290 g/mol. The van der Waals surface area contributed by atoms with E-state index in [1.54, 1.807) is 6.92 Å². The Bertz CT molecular complexity index is 446. The third kappa shape index (κ3) is 4.50. The summed E-state index contributed by atoms with van der Waals surface area (Å²) in [4.78, 5) is 11.6. The van der Waals surface area contributed by atoms with Crippen molar-refractivity contribution in [1.82, 2.24) is 5.32 Å². The lowest BCUT2D eigenvalue weighted by molar-refractivity contribution is -0.137. The maximum absolute atomic E-state index is 12.4.